The van der Waals surface area contributed by atoms with E-state index in [0.717, 1.165) is 14.9 Å². The quantitative estimate of drug-likeness (QED) is 0.316. The molecule has 1 aliphatic rings. The summed E-state index contributed by atoms with van der Waals surface area (Å²) in [7, 11) is 1.40. The summed E-state index contributed by atoms with van der Waals surface area (Å²) in [6.45, 7) is 3.08. The summed E-state index contributed by atoms with van der Waals surface area (Å²) < 4.78 is 11.1. The zero-order chi connectivity index (χ0) is 22.0. The highest BCUT2D eigenvalue weighted by atomic mass is 79.9. The average Bonchev–Trinajstić information content (AvgIpc) is 2.68. The fourth-order valence-electron chi connectivity index (χ4n) is 2.84. The number of barbiturate groups is 1. The lowest BCUT2D eigenvalue weighted by Crippen LogP contribution is -2.54. The molecule has 2 aromatic rings. The molecule has 3 rings (SSSR count). The number of urea groups is 1. The molecule has 2 aromatic carbocycles. The summed E-state index contributed by atoms with van der Waals surface area (Å²) in [5.41, 5.74) is 1.38. The minimum Gasteiger partial charge on any atom is -0.493 e. The third-order valence-electron chi connectivity index (χ3n) is 4.25. The zero-order valence-corrected chi connectivity index (χ0v) is 17.9. The molecular weight excluding hydrogens is 456 g/mol. The van der Waals surface area contributed by atoms with Crippen LogP contribution in [-0.2, 0) is 14.4 Å². The number of hydrogen-bond acceptors (Lipinski definition) is 6. The number of halogens is 1. The SMILES string of the molecule is COc1cc(/C=C2\C(=O)NC(=O)N(c3ccc(Br)c(C)c3)C2=O)ccc1OC(C)=O. The van der Waals surface area contributed by atoms with Crippen molar-refractivity contribution < 1.29 is 28.7 Å². The number of ether oxygens (including phenoxy) is 2. The molecule has 0 spiro atoms. The number of carbonyl (C=O) groups excluding carboxylic acids is 4. The van der Waals surface area contributed by atoms with Gasteiger partial charge in [-0.1, -0.05) is 22.0 Å². The van der Waals surface area contributed by atoms with Crippen LogP contribution in [0.3, 0.4) is 0 Å². The van der Waals surface area contributed by atoms with E-state index in [9.17, 15) is 19.2 Å². The standard InChI is InChI=1S/C21H17BrN2O6/c1-11-8-14(5-6-16(11)22)24-20(27)15(19(26)23-21(24)28)9-13-4-7-17(30-12(2)25)18(10-13)29-3/h4-10H,1-3H3,(H,23,26,28)/b15-9+. The van der Waals surface area contributed by atoms with E-state index in [4.69, 9.17) is 9.47 Å². The normalized spacial score (nSPS) is 15.3. The maximum absolute atomic E-state index is 13.0. The predicted molar refractivity (Wildman–Crippen MR) is 112 cm³/mol. The van der Waals surface area contributed by atoms with Crippen LogP contribution in [0.25, 0.3) is 6.08 Å². The lowest BCUT2D eigenvalue weighted by atomic mass is 10.1. The van der Waals surface area contributed by atoms with E-state index in [0.29, 0.717) is 11.3 Å². The minimum absolute atomic E-state index is 0.203. The van der Waals surface area contributed by atoms with Crippen molar-refractivity contribution in [2.24, 2.45) is 0 Å². The molecule has 1 aliphatic heterocycles. The van der Waals surface area contributed by atoms with Gasteiger partial charge in [0.25, 0.3) is 11.8 Å². The van der Waals surface area contributed by atoms with E-state index in [2.05, 4.69) is 21.2 Å². The largest absolute Gasteiger partial charge is 0.493 e. The first kappa shape index (κ1) is 21.3. The van der Waals surface area contributed by atoms with Crippen LogP contribution in [0.15, 0.2) is 46.4 Å². The number of nitrogens with one attached hydrogen (secondary N) is 1. The maximum Gasteiger partial charge on any atom is 0.335 e. The number of hydrogen-bond donors (Lipinski definition) is 1. The third-order valence-corrected chi connectivity index (χ3v) is 5.14. The van der Waals surface area contributed by atoms with Gasteiger partial charge in [-0.05, 0) is 54.5 Å². The summed E-state index contributed by atoms with van der Waals surface area (Å²) in [5, 5.41) is 2.18. The summed E-state index contributed by atoms with van der Waals surface area (Å²) in [6, 6.07) is 8.69. The highest BCUT2D eigenvalue weighted by Gasteiger charge is 2.37. The number of amides is 4. The molecule has 30 heavy (non-hydrogen) atoms. The second-order valence-electron chi connectivity index (χ2n) is 6.40. The van der Waals surface area contributed by atoms with E-state index in [-0.39, 0.29) is 17.1 Å². The van der Waals surface area contributed by atoms with Crippen molar-refractivity contribution in [3.05, 3.63) is 57.6 Å². The van der Waals surface area contributed by atoms with Crippen molar-refractivity contribution in [2.45, 2.75) is 13.8 Å². The molecule has 0 aliphatic carbocycles. The highest BCUT2D eigenvalue weighted by molar-refractivity contribution is 9.10. The molecule has 0 radical (unpaired) electrons. The molecule has 154 valence electrons. The number of benzene rings is 2. The van der Waals surface area contributed by atoms with Crippen molar-refractivity contribution in [1.82, 2.24) is 5.32 Å². The Kier molecular flexibility index (Phi) is 6.02. The Morgan fingerprint density at radius 3 is 2.47 bits per heavy atom. The van der Waals surface area contributed by atoms with Crippen LogP contribution in [0.5, 0.6) is 11.5 Å². The second-order valence-corrected chi connectivity index (χ2v) is 7.25. The molecule has 8 nitrogen and oxygen atoms in total. The van der Waals surface area contributed by atoms with Crippen molar-refractivity contribution in [1.29, 1.82) is 0 Å². The van der Waals surface area contributed by atoms with Crippen LogP contribution < -0.4 is 19.7 Å². The van der Waals surface area contributed by atoms with Gasteiger partial charge in [-0.2, -0.15) is 0 Å². The highest BCUT2D eigenvalue weighted by Crippen LogP contribution is 2.30. The van der Waals surface area contributed by atoms with Gasteiger partial charge in [0.15, 0.2) is 11.5 Å². The molecular formula is C21H17BrN2O6. The van der Waals surface area contributed by atoms with Crippen LogP contribution in [0, 0.1) is 6.92 Å². The number of esters is 1. The number of aryl methyl sites for hydroxylation is 1. The van der Waals surface area contributed by atoms with Gasteiger partial charge in [0.2, 0.25) is 0 Å². The van der Waals surface area contributed by atoms with E-state index in [1.165, 1.54) is 32.2 Å². The van der Waals surface area contributed by atoms with Crippen molar-refractivity contribution in [3.63, 3.8) is 0 Å². The summed E-state index contributed by atoms with van der Waals surface area (Å²) in [4.78, 5) is 49.7. The molecule has 9 heteroatoms. The molecule has 0 saturated carbocycles. The molecule has 1 fully saturated rings. The second kappa shape index (κ2) is 8.50. The Hall–Kier alpha value is -3.46. The Morgan fingerprint density at radius 1 is 1.10 bits per heavy atom. The van der Waals surface area contributed by atoms with Gasteiger partial charge >= 0.3 is 12.0 Å². The Morgan fingerprint density at radius 2 is 1.83 bits per heavy atom. The van der Waals surface area contributed by atoms with Gasteiger partial charge in [-0.15, -0.1) is 0 Å². The lowest BCUT2D eigenvalue weighted by Gasteiger charge is -2.26. The first-order valence-electron chi connectivity index (χ1n) is 8.75. The number of methoxy groups -OCH3 is 1. The summed E-state index contributed by atoms with van der Waals surface area (Å²) >= 11 is 3.37. The van der Waals surface area contributed by atoms with Crippen molar-refractivity contribution >= 4 is 51.5 Å². The van der Waals surface area contributed by atoms with E-state index in [1.807, 2.05) is 6.92 Å². The number of nitrogens with zero attached hydrogens (tertiary/aromatic N) is 1. The monoisotopic (exact) mass is 472 g/mol. The van der Waals surface area contributed by atoms with Crippen LogP contribution in [0.4, 0.5) is 10.5 Å². The molecule has 4 amide bonds. The van der Waals surface area contributed by atoms with Crippen LogP contribution in [0.1, 0.15) is 18.1 Å². The fraction of sp³-hybridized carbons (Fsp3) is 0.143. The summed E-state index contributed by atoms with van der Waals surface area (Å²) in [5.74, 6) is -1.62. The Labute approximate surface area is 180 Å². The molecule has 0 bridgehead atoms. The number of rotatable bonds is 4. The smallest absolute Gasteiger partial charge is 0.335 e. The van der Waals surface area contributed by atoms with Gasteiger partial charge < -0.3 is 9.47 Å². The molecule has 0 atom stereocenters. The van der Waals surface area contributed by atoms with Gasteiger partial charge in [0.05, 0.1) is 12.8 Å². The minimum atomic E-state index is -0.827. The maximum atomic E-state index is 13.0. The first-order chi connectivity index (χ1) is 14.2. The topological polar surface area (TPSA) is 102 Å². The fourth-order valence-corrected chi connectivity index (χ4v) is 3.09. The Bertz CT molecular complexity index is 1110. The number of carbonyl (C=O) groups is 4. The van der Waals surface area contributed by atoms with Gasteiger partial charge in [-0.25, -0.2) is 9.69 Å². The van der Waals surface area contributed by atoms with Gasteiger partial charge in [0.1, 0.15) is 5.57 Å². The molecule has 0 unspecified atom stereocenters. The average molecular weight is 473 g/mol. The van der Waals surface area contributed by atoms with E-state index >= 15 is 0 Å². The Balaban J connectivity index is 2.00. The van der Waals surface area contributed by atoms with Crippen molar-refractivity contribution in [3.8, 4) is 11.5 Å². The third kappa shape index (κ3) is 4.25. The lowest BCUT2D eigenvalue weighted by molar-refractivity contribution is -0.132. The van der Waals surface area contributed by atoms with Gasteiger partial charge in [-0.3, -0.25) is 19.7 Å². The molecule has 0 aromatic heterocycles. The molecule has 1 N–H and O–H groups in total. The van der Waals surface area contributed by atoms with Crippen LogP contribution in [-0.4, -0.2) is 30.9 Å². The molecule has 1 saturated heterocycles. The molecule has 1 heterocycles. The van der Waals surface area contributed by atoms with Gasteiger partial charge in [0, 0.05) is 11.4 Å². The first-order valence-corrected chi connectivity index (χ1v) is 9.54. The summed E-state index contributed by atoms with van der Waals surface area (Å²) in [6.07, 6.45) is 1.34. The van der Waals surface area contributed by atoms with Crippen molar-refractivity contribution in [2.75, 3.05) is 12.0 Å². The van der Waals surface area contributed by atoms with Crippen LogP contribution >= 0.6 is 15.9 Å². The van der Waals surface area contributed by atoms with E-state index < -0.39 is 23.8 Å². The number of anilines is 1. The zero-order valence-electron chi connectivity index (χ0n) is 16.3. The van der Waals surface area contributed by atoms with Crippen LogP contribution in [0.2, 0.25) is 0 Å². The van der Waals surface area contributed by atoms with E-state index in [1.54, 1.807) is 24.3 Å². The predicted octanol–water partition coefficient (Wildman–Crippen LogP) is 3.36. The number of imide groups is 2.